The Balaban J connectivity index is 1.38. The molecule has 0 spiro atoms. The van der Waals surface area contributed by atoms with E-state index in [9.17, 15) is 4.79 Å². The smallest absolute Gasteiger partial charge is 0.228 e. The van der Waals surface area contributed by atoms with Crippen molar-refractivity contribution in [3.8, 4) is 23.0 Å². The minimum atomic E-state index is -0.227. The van der Waals surface area contributed by atoms with Crippen LogP contribution in [0.15, 0.2) is 24.3 Å². The number of rotatable bonds is 11. The number of nitrogens with one attached hydrogen (secondary N) is 1. The van der Waals surface area contributed by atoms with Gasteiger partial charge in [-0.15, -0.1) is 0 Å². The van der Waals surface area contributed by atoms with Crippen molar-refractivity contribution in [1.82, 2.24) is 4.90 Å². The molecule has 48 heavy (non-hydrogen) atoms. The molecule has 4 aliphatic rings. The fourth-order valence-electron chi connectivity index (χ4n) is 9.77. The molecule has 1 amide bonds. The summed E-state index contributed by atoms with van der Waals surface area (Å²) < 4.78 is 29.1. The topological polar surface area (TPSA) is 87.5 Å². The normalized spacial score (nSPS) is 29.2. The summed E-state index contributed by atoms with van der Waals surface area (Å²) >= 11 is 0. The van der Waals surface area contributed by atoms with Gasteiger partial charge in [-0.05, 0) is 66.1 Å². The Labute approximate surface area is 287 Å². The van der Waals surface area contributed by atoms with Crippen LogP contribution in [0, 0.1) is 17.3 Å². The van der Waals surface area contributed by atoms with Crippen LogP contribution in [0.25, 0.3) is 0 Å². The van der Waals surface area contributed by atoms with Gasteiger partial charge in [0.15, 0.2) is 23.0 Å². The van der Waals surface area contributed by atoms with Gasteiger partial charge >= 0.3 is 0 Å². The van der Waals surface area contributed by atoms with Crippen molar-refractivity contribution in [3.63, 3.8) is 0 Å². The molecular weight excluding hydrogens is 606 g/mol. The van der Waals surface area contributed by atoms with Crippen LogP contribution in [0.4, 0.5) is 0 Å². The largest absolute Gasteiger partial charge is 0.493 e. The van der Waals surface area contributed by atoms with Crippen LogP contribution in [0.2, 0.25) is 0 Å². The molecule has 2 aromatic carbocycles. The molecule has 0 aliphatic carbocycles. The Bertz CT molecular complexity index is 1460. The molecule has 0 aromatic heterocycles. The highest BCUT2D eigenvalue weighted by Crippen LogP contribution is 2.49. The molecule has 2 fully saturated rings. The maximum absolute atomic E-state index is 14.7. The summed E-state index contributed by atoms with van der Waals surface area (Å²) in [5.41, 5.74) is 5.36. The van der Waals surface area contributed by atoms with Gasteiger partial charge in [0.2, 0.25) is 5.91 Å². The van der Waals surface area contributed by atoms with E-state index in [2.05, 4.69) is 55.3 Å². The highest BCUT2D eigenvalue weighted by Gasteiger charge is 2.50. The van der Waals surface area contributed by atoms with Crippen LogP contribution in [-0.2, 0) is 22.4 Å². The lowest BCUT2D eigenvalue weighted by molar-refractivity contribution is -0.948. The number of quaternary nitrogens is 2. The number of piperidine rings is 1. The standard InChI is InChI=1S/C39H57N3O6/c1-9-39(3)23-41-15-12-25-17-33(44-4)35(46-6)21-28(25)31(41)19-27(39)20-32-29-22-36(47-7)34(45-5)18-26(29)13-16-42(32)38(43)24(2)37(48-8)30-11-10-14-40-30/h17-18,21-22,24,27,30-32,37,40H,9-16,19-20,23H2,1-8H3/p+2/t24-,27-,30?,31?,32-,37-,39+/m1/s1. The first-order valence-electron chi connectivity index (χ1n) is 18.2. The molecule has 3 N–H and O–H groups in total. The third-order valence-corrected chi connectivity index (χ3v) is 12.8. The summed E-state index contributed by atoms with van der Waals surface area (Å²) in [7, 11) is 8.61. The van der Waals surface area contributed by atoms with E-state index in [1.165, 1.54) is 28.7 Å². The van der Waals surface area contributed by atoms with Gasteiger partial charge in [0.1, 0.15) is 18.2 Å². The van der Waals surface area contributed by atoms with Gasteiger partial charge in [-0.2, -0.15) is 0 Å². The van der Waals surface area contributed by atoms with Gasteiger partial charge in [0.25, 0.3) is 0 Å². The predicted octanol–water partition coefficient (Wildman–Crippen LogP) is 3.53. The maximum atomic E-state index is 14.7. The Morgan fingerprint density at radius 3 is 2.17 bits per heavy atom. The summed E-state index contributed by atoms with van der Waals surface area (Å²) in [6.07, 6.45) is 7.07. The zero-order valence-corrected chi connectivity index (χ0v) is 30.5. The molecule has 4 aliphatic heterocycles. The van der Waals surface area contributed by atoms with E-state index in [0.29, 0.717) is 24.5 Å². The van der Waals surface area contributed by atoms with E-state index in [4.69, 9.17) is 23.7 Å². The average molecular weight is 666 g/mol. The lowest BCUT2D eigenvalue weighted by atomic mass is 9.64. The number of amides is 1. The molecule has 6 rings (SSSR count). The summed E-state index contributed by atoms with van der Waals surface area (Å²) in [5, 5.41) is 2.37. The van der Waals surface area contributed by atoms with Crippen molar-refractivity contribution < 1.29 is 38.7 Å². The third-order valence-electron chi connectivity index (χ3n) is 12.8. The van der Waals surface area contributed by atoms with Gasteiger partial charge in [0.05, 0.1) is 60.0 Å². The quantitative estimate of drug-likeness (QED) is 0.382. The highest BCUT2D eigenvalue weighted by molar-refractivity contribution is 5.80. The Kier molecular flexibility index (Phi) is 10.5. The molecule has 264 valence electrons. The van der Waals surface area contributed by atoms with Crippen molar-refractivity contribution >= 4 is 5.91 Å². The van der Waals surface area contributed by atoms with Crippen LogP contribution in [-0.4, -0.2) is 84.7 Å². The number of nitrogens with two attached hydrogens (primary N) is 1. The second-order valence-electron chi connectivity index (χ2n) is 15.0. The molecule has 0 bridgehead atoms. The Morgan fingerprint density at radius 2 is 1.58 bits per heavy atom. The van der Waals surface area contributed by atoms with E-state index in [1.54, 1.807) is 40.4 Å². The number of carbonyl (C=O) groups is 1. The van der Waals surface area contributed by atoms with E-state index in [1.807, 2.05) is 0 Å². The van der Waals surface area contributed by atoms with Crippen LogP contribution >= 0.6 is 0 Å². The number of carbonyl (C=O) groups excluding carboxylic acids is 1. The Hall–Kier alpha value is -3.01. The molecule has 0 radical (unpaired) electrons. The van der Waals surface area contributed by atoms with Crippen LogP contribution in [0.1, 0.15) is 87.2 Å². The molecule has 3 unspecified atom stereocenters. The van der Waals surface area contributed by atoms with Gasteiger partial charge in [0, 0.05) is 50.3 Å². The first-order valence-corrected chi connectivity index (χ1v) is 18.2. The lowest BCUT2D eigenvalue weighted by Gasteiger charge is -2.51. The average Bonchev–Trinajstić information content (AvgIpc) is 3.65. The highest BCUT2D eigenvalue weighted by atomic mass is 16.5. The molecule has 2 saturated heterocycles. The number of fused-ring (bicyclic) bond motifs is 4. The summed E-state index contributed by atoms with van der Waals surface area (Å²) in [5.74, 6) is 3.46. The van der Waals surface area contributed by atoms with Gasteiger partial charge in [-0.1, -0.05) is 20.8 Å². The van der Waals surface area contributed by atoms with E-state index in [-0.39, 0.29) is 29.4 Å². The number of methoxy groups -OCH3 is 5. The zero-order chi connectivity index (χ0) is 34.2. The monoisotopic (exact) mass is 665 g/mol. The first-order chi connectivity index (χ1) is 23.2. The van der Waals surface area contributed by atoms with Crippen LogP contribution in [0.5, 0.6) is 23.0 Å². The Morgan fingerprint density at radius 1 is 0.958 bits per heavy atom. The van der Waals surface area contributed by atoms with E-state index < -0.39 is 0 Å². The minimum Gasteiger partial charge on any atom is -0.493 e. The molecule has 9 nitrogen and oxygen atoms in total. The predicted molar refractivity (Wildman–Crippen MR) is 185 cm³/mol. The molecule has 9 heteroatoms. The number of hydrogen-bond donors (Lipinski definition) is 2. The second-order valence-corrected chi connectivity index (χ2v) is 15.0. The number of ether oxygens (including phenoxy) is 5. The van der Waals surface area contributed by atoms with Crippen molar-refractivity contribution in [2.45, 2.75) is 89.9 Å². The van der Waals surface area contributed by atoms with Crippen molar-refractivity contribution in [3.05, 3.63) is 46.5 Å². The summed E-state index contributed by atoms with van der Waals surface area (Å²) in [6, 6.07) is 9.37. The number of nitrogens with zero attached hydrogens (tertiary/aromatic N) is 1. The first kappa shape index (κ1) is 34.8. The SMILES string of the molecule is CC[C@@]1(C)C[NH+]2CCc3cc(OC)c(OC)cc3C2C[C@@H]1C[C@@H]1c2cc(OC)c(OC)cc2CCN1C(=O)[C@H](C)[C@@H](OC)C1CCC[NH2+]1. The fourth-order valence-corrected chi connectivity index (χ4v) is 9.77. The maximum Gasteiger partial charge on any atom is 0.228 e. The molecule has 4 heterocycles. The molecule has 0 saturated carbocycles. The van der Waals surface area contributed by atoms with E-state index in [0.717, 1.165) is 81.2 Å². The fraction of sp³-hybridized carbons (Fsp3) is 0.667. The molecule has 8 atom stereocenters. The van der Waals surface area contributed by atoms with Crippen molar-refractivity contribution in [2.24, 2.45) is 17.3 Å². The zero-order valence-electron chi connectivity index (χ0n) is 30.5. The van der Waals surface area contributed by atoms with Crippen molar-refractivity contribution in [1.29, 1.82) is 0 Å². The van der Waals surface area contributed by atoms with Crippen LogP contribution in [0.3, 0.4) is 0 Å². The van der Waals surface area contributed by atoms with E-state index >= 15 is 0 Å². The minimum absolute atomic E-state index is 0.0561. The van der Waals surface area contributed by atoms with Gasteiger partial charge < -0.3 is 38.8 Å². The van der Waals surface area contributed by atoms with Gasteiger partial charge in [-0.3, -0.25) is 4.79 Å². The van der Waals surface area contributed by atoms with Gasteiger partial charge in [-0.25, -0.2) is 0 Å². The molecular formula is C39H59N3O6+2. The number of benzene rings is 2. The summed E-state index contributed by atoms with van der Waals surface area (Å²) in [6.45, 7) is 11.0. The lowest BCUT2D eigenvalue weighted by Crippen LogP contribution is -3.16. The molecule has 2 aromatic rings. The number of hydrogen-bond acceptors (Lipinski definition) is 6. The second kappa shape index (κ2) is 14.5. The van der Waals surface area contributed by atoms with Crippen molar-refractivity contribution in [2.75, 3.05) is 61.7 Å². The van der Waals surface area contributed by atoms with Crippen LogP contribution < -0.4 is 29.2 Å². The third kappa shape index (κ3) is 6.27. The summed E-state index contributed by atoms with van der Waals surface area (Å²) in [4.78, 5) is 18.6.